The highest BCUT2D eigenvalue weighted by Crippen LogP contribution is 2.18. The molecule has 0 saturated carbocycles. The van der Waals surface area contributed by atoms with Crippen molar-refractivity contribution >= 4 is 40.6 Å². The van der Waals surface area contributed by atoms with Crippen molar-refractivity contribution in [3.8, 4) is 0 Å². The molecule has 0 aliphatic rings. The maximum atomic E-state index is 12.8. The van der Waals surface area contributed by atoms with Gasteiger partial charge in [-0.1, -0.05) is 11.3 Å². The van der Waals surface area contributed by atoms with Crippen molar-refractivity contribution in [1.82, 2.24) is 15.5 Å². The van der Waals surface area contributed by atoms with E-state index in [0.29, 0.717) is 22.2 Å². The molecule has 0 aliphatic heterocycles. The lowest BCUT2D eigenvalue weighted by molar-refractivity contribution is -0.119. The Morgan fingerprint density at radius 1 is 1.25 bits per heavy atom. The van der Waals surface area contributed by atoms with Gasteiger partial charge in [-0.15, -0.1) is 22.0 Å². The third kappa shape index (κ3) is 5.89. The Labute approximate surface area is 147 Å². The van der Waals surface area contributed by atoms with Crippen LogP contribution in [0.3, 0.4) is 0 Å². The molecule has 2 rings (SSSR count). The van der Waals surface area contributed by atoms with E-state index in [0.717, 1.165) is 0 Å². The van der Waals surface area contributed by atoms with Gasteiger partial charge in [-0.25, -0.2) is 4.39 Å². The van der Waals surface area contributed by atoms with Crippen molar-refractivity contribution in [2.75, 3.05) is 11.1 Å². The van der Waals surface area contributed by atoms with Crippen LogP contribution in [0, 0.1) is 5.82 Å². The number of amides is 2. The molecule has 9 heteroatoms. The fraction of sp³-hybridized carbons (Fsp3) is 0.333. The van der Waals surface area contributed by atoms with Crippen LogP contribution in [0.5, 0.6) is 0 Å². The Morgan fingerprint density at radius 2 is 1.96 bits per heavy atom. The summed E-state index contributed by atoms with van der Waals surface area (Å²) in [5.74, 6) is 0.0356. The van der Waals surface area contributed by atoms with Gasteiger partial charge in [0.15, 0.2) is 0 Å². The molecular weight excluding hydrogens is 351 g/mol. The van der Waals surface area contributed by atoms with Gasteiger partial charge in [-0.05, 0) is 38.1 Å². The first-order chi connectivity index (χ1) is 11.4. The van der Waals surface area contributed by atoms with Gasteiger partial charge in [0.05, 0.1) is 5.75 Å². The molecule has 0 aliphatic carbocycles. The number of carbonyl (C=O) groups is 2. The molecule has 0 atom stereocenters. The van der Waals surface area contributed by atoms with Crippen LogP contribution in [0.4, 0.5) is 10.1 Å². The number of anilines is 1. The van der Waals surface area contributed by atoms with Gasteiger partial charge in [0.25, 0.3) is 5.91 Å². The van der Waals surface area contributed by atoms with Crippen molar-refractivity contribution < 1.29 is 14.0 Å². The summed E-state index contributed by atoms with van der Waals surface area (Å²) in [4.78, 5) is 23.6. The summed E-state index contributed by atoms with van der Waals surface area (Å²) >= 11 is 2.58. The Hall–Kier alpha value is -2.00. The van der Waals surface area contributed by atoms with E-state index in [1.54, 1.807) is 0 Å². The number of nitrogens with zero attached hydrogens (tertiary/aromatic N) is 2. The first kappa shape index (κ1) is 18.3. The summed E-state index contributed by atoms with van der Waals surface area (Å²) in [6.07, 6.45) is 0. The minimum absolute atomic E-state index is 0.0335. The quantitative estimate of drug-likeness (QED) is 0.785. The predicted molar refractivity (Wildman–Crippen MR) is 93.7 cm³/mol. The van der Waals surface area contributed by atoms with E-state index in [-0.39, 0.29) is 22.8 Å². The number of rotatable bonds is 7. The van der Waals surface area contributed by atoms with E-state index in [2.05, 4.69) is 20.8 Å². The highest BCUT2D eigenvalue weighted by Gasteiger charge is 2.13. The summed E-state index contributed by atoms with van der Waals surface area (Å²) in [5, 5.41) is 14.1. The number of aromatic nitrogens is 2. The van der Waals surface area contributed by atoms with Gasteiger partial charge in [0.1, 0.15) is 10.8 Å². The molecule has 0 fully saturated rings. The zero-order valence-electron chi connectivity index (χ0n) is 13.2. The molecule has 0 saturated heterocycles. The highest BCUT2D eigenvalue weighted by atomic mass is 32.2. The lowest BCUT2D eigenvalue weighted by Crippen LogP contribution is -2.31. The Kier molecular flexibility index (Phi) is 6.68. The molecule has 0 unspecified atom stereocenters. The predicted octanol–water partition coefficient (Wildman–Crippen LogP) is 2.69. The number of nitrogens with one attached hydrogen (secondary N) is 2. The smallest absolute Gasteiger partial charge is 0.286 e. The molecule has 2 aromatic rings. The highest BCUT2D eigenvalue weighted by molar-refractivity contribution is 7.99. The zero-order valence-corrected chi connectivity index (χ0v) is 14.8. The third-order valence-corrected chi connectivity index (χ3v) is 4.72. The van der Waals surface area contributed by atoms with Crippen LogP contribution < -0.4 is 10.6 Å². The molecular formula is C15H17FN4O2S2. The average Bonchev–Trinajstić information content (AvgIpc) is 2.98. The first-order valence-corrected chi connectivity index (χ1v) is 9.17. The largest absolute Gasteiger partial charge is 0.353 e. The van der Waals surface area contributed by atoms with Crippen LogP contribution in [0.25, 0.3) is 0 Å². The van der Waals surface area contributed by atoms with Gasteiger partial charge in [-0.3, -0.25) is 9.59 Å². The lowest BCUT2D eigenvalue weighted by Gasteiger charge is -2.06. The van der Waals surface area contributed by atoms with Crippen LogP contribution >= 0.6 is 23.1 Å². The Balaban J connectivity index is 1.82. The maximum absolute atomic E-state index is 12.8. The zero-order chi connectivity index (χ0) is 17.5. The van der Waals surface area contributed by atoms with Crippen molar-refractivity contribution in [2.24, 2.45) is 0 Å². The minimum atomic E-state index is -0.395. The molecule has 6 nitrogen and oxygen atoms in total. The summed E-state index contributed by atoms with van der Waals surface area (Å²) in [6.45, 7) is 3.80. The third-order valence-electron chi connectivity index (χ3n) is 2.67. The second-order valence-electron chi connectivity index (χ2n) is 5.18. The van der Waals surface area contributed by atoms with Gasteiger partial charge in [-0.2, -0.15) is 0 Å². The standard InChI is InChI=1S/C15H17FN4O2S2/c1-9(2)17-12(21)7-23-8-13-19-20-15(24-13)14(22)18-11-5-3-10(16)4-6-11/h3-6,9H,7-8H2,1-2H3,(H,17,21)(H,18,22). The molecule has 0 radical (unpaired) electrons. The molecule has 128 valence electrons. The van der Waals surface area contributed by atoms with E-state index in [1.165, 1.54) is 47.4 Å². The number of hydrogen-bond donors (Lipinski definition) is 2. The molecule has 1 heterocycles. The molecule has 2 amide bonds. The fourth-order valence-electron chi connectivity index (χ4n) is 1.72. The average molecular weight is 368 g/mol. The molecule has 2 N–H and O–H groups in total. The van der Waals surface area contributed by atoms with Crippen LogP contribution in [0.15, 0.2) is 24.3 Å². The van der Waals surface area contributed by atoms with E-state index >= 15 is 0 Å². The summed E-state index contributed by atoms with van der Waals surface area (Å²) in [6, 6.07) is 5.58. The normalized spacial score (nSPS) is 10.7. The summed E-state index contributed by atoms with van der Waals surface area (Å²) in [5.41, 5.74) is 0.484. The fourth-order valence-corrected chi connectivity index (χ4v) is 3.34. The molecule has 1 aromatic heterocycles. The second kappa shape index (κ2) is 8.74. The van der Waals surface area contributed by atoms with Crippen LogP contribution in [0.2, 0.25) is 0 Å². The van der Waals surface area contributed by atoms with Crippen LogP contribution in [-0.4, -0.2) is 33.8 Å². The first-order valence-electron chi connectivity index (χ1n) is 7.20. The van der Waals surface area contributed by atoms with Crippen molar-refractivity contribution in [3.63, 3.8) is 0 Å². The SMILES string of the molecule is CC(C)NC(=O)CSCc1nnc(C(=O)Nc2ccc(F)cc2)s1. The number of benzene rings is 1. The maximum Gasteiger partial charge on any atom is 0.286 e. The molecule has 1 aromatic carbocycles. The van der Waals surface area contributed by atoms with E-state index in [9.17, 15) is 14.0 Å². The summed E-state index contributed by atoms with van der Waals surface area (Å²) < 4.78 is 12.8. The van der Waals surface area contributed by atoms with Crippen LogP contribution in [-0.2, 0) is 10.5 Å². The van der Waals surface area contributed by atoms with E-state index in [1.807, 2.05) is 13.8 Å². The van der Waals surface area contributed by atoms with E-state index < -0.39 is 5.91 Å². The number of hydrogen-bond acceptors (Lipinski definition) is 6. The van der Waals surface area contributed by atoms with Crippen molar-refractivity contribution in [1.29, 1.82) is 0 Å². The van der Waals surface area contributed by atoms with Gasteiger partial charge >= 0.3 is 0 Å². The minimum Gasteiger partial charge on any atom is -0.353 e. The Bertz CT molecular complexity index is 704. The monoisotopic (exact) mass is 368 g/mol. The second-order valence-corrected chi connectivity index (χ2v) is 7.22. The lowest BCUT2D eigenvalue weighted by atomic mass is 10.3. The van der Waals surface area contributed by atoms with E-state index in [4.69, 9.17) is 0 Å². The topological polar surface area (TPSA) is 84.0 Å². The molecule has 0 bridgehead atoms. The van der Waals surface area contributed by atoms with Gasteiger partial charge in [0.2, 0.25) is 10.9 Å². The number of thioether (sulfide) groups is 1. The molecule has 24 heavy (non-hydrogen) atoms. The van der Waals surface area contributed by atoms with Gasteiger partial charge < -0.3 is 10.6 Å². The Morgan fingerprint density at radius 3 is 2.62 bits per heavy atom. The number of carbonyl (C=O) groups excluding carboxylic acids is 2. The summed E-state index contributed by atoms with van der Waals surface area (Å²) in [7, 11) is 0. The number of halogens is 1. The van der Waals surface area contributed by atoms with Gasteiger partial charge in [0, 0.05) is 17.5 Å². The molecule has 0 spiro atoms. The van der Waals surface area contributed by atoms with Crippen LogP contribution in [0.1, 0.15) is 28.7 Å². The van der Waals surface area contributed by atoms with Crippen molar-refractivity contribution in [3.05, 3.63) is 40.1 Å². The van der Waals surface area contributed by atoms with Crippen molar-refractivity contribution in [2.45, 2.75) is 25.6 Å².